The lowest BCUT2D eigenvalue weighted by molar-refractivity contribution is 0.0980. The summed E-state index contributed by atoms with van der Waals surface area (Å²) in [5, 5.41) is 3.38. The average molecular weight is 280 g/mol. The largest absolute Gasteiger partial charge is 0.491 e. The van der Waals surface area contributed by atoms with Crippen molar-refractivity contribution >= 4 is 0 Å². The molecule has 4 heteroatoms. The van der Waals surface area contributed by atoms with Crippen LogP contribution >= 0.6 is 0 Å². The molecule has 0 aromatic carbocycles. The Balaban J connectivity index is 2.22. The van der Waals surface area contributed by atoms with Gasteiger partial charge in [0.05, 0.1) is 12.3 Å². The zero-order chi connectivity index (χ0) is 14.6. The molecule has 20 heavy (non-hydrogen) atoms. The van der Waals surface area contributed by atoms with E-state index in [-0.39, 0.29) is 0 Å². The molecule has 0 radical (unpaired) electrons. The van der Waals surface area contributed by atoms with Gasteiger partial charge in [-0.05, 0) is 24.9 Å². The topological polar surface area (TPSA) is 43.4 Å². The third kappa shape index (κ3) is 8.12. The van der Waals surface area contributed by atoms with Gasteiger partial charge in [0.1, 0.15) is 12.4 Å². The predicted octanol–water partition coefficient (Wildman–Crippen LogP) is 3.02. The average Bonchev–Trinajstić information content (AvgIpc) is 2.43. The summed E-state index contributed by atoms with van der Waals surface area (Å²) in [5.41, 5.74) is 1.01. The maximum Gasteiger partial charge on any atom is 0.122 e. The lowest BCUT2D eigenvalue weighted by Crippen LogP contribution is -2.19. The van der Waals surface area contributed by atoms with E-state index in [0.717, 1.165) is 44.0 Å². The first-order chi connectivity index (χ1) is 9.72. The number of hydrogen-bond acceptors (Lipinski definition) is 4. The van der Waals surface area contributed by atoms with E-state index >= 15 is 0 Å². The molecule has 0 atom stereocenters. The van der Waals surface area contributed by atoms with E-state index in [1.54, 1.807) is 6.20 Å². The second kappa shape index (κ2) is 10.6. The van der Waals surface area contributed by atoms with Crippen LogP contribution in [0.2, 0.25) is 0 Å². The minimum absolute atomic E-state index is 0.590. The molecule has 1 aromatic heterocycles. The first-order valence-electron chi connectivity index (χ1n) is 7.58. The minimum Gasteiger partial charge on any atom is -0.491 e. The number of nitrogens with one attached hydrogen (secondary N) is 1. The van der Waals surface area contributed by atoms with Gasteiger partial charge in [-0.15, -0.1) is 0 Å². The Hall–Kier alpha value is -1.13. The van der Waals surface area contributed by atoms with Gasteiger partial charge in [0.2, 0.25) is 0 Å². The van der Waals surface area contributed by atoms with Crippen molar-refractivity contribution in [2.24, 2.45) is 5.92 Å². The van der Waals surface area contributed by atoms with Crippen molar-refractivity contribution in [1.82, 2.24) is 10.3 Å². The van der Waals surface area contributed by atoms with Crippen molar-refractivity contribution in [2.45, 2.75) is 40.2 Å². The fraction of sp³-hybridized carbons (Fsp3) is 0.688. The van der Waals surface area contributed by atoms with Crippen molar-refractivity contribution in [1.29, 1.82) is 0 Å². The van der Waals surface area contributed by atoms with Crippen molar-refractivity contribution in [2.75, 3.05) is 26.4 Å². The second-order valence-corrected chi connectivity index (χ2v) is 5.32. The second-order valence-electron chi connectivity index (χ2n) is 5.32. The summed E-state index contributed by atoms with van der Waals surface area (Å²) < 4.78 is 11.1. The van der Waals surface area contributed by atoms with Crippen LogP contribution in [0.25, 0.3) is 0 Å². The van der Waals surface area contributed by atoms with Gasteiger partial charge in [0.25, 0.3) is 0 Å². The molecule has 0 amide bonds. The van der Waals surface area contributed by atoms with Gasteiger partial charge in [-0.3, -0.25) is 4.98 Å². The van der Waals surface area contributed by atoms with Crippen LogP contribution in [0.3, 0.4) is 0 Å². The molecule has 1 heterocycles. The molecule has 0 unspecified atom stereocenters. The van der Waals surface area contributed by atoms with Crippen molar-refractivity contribution < 1.29 is 9.47 Å². The fourth-order valence-electron chi connectivity index (χ4n) is 1.70. The van der Waals surface area contributed by atoms with Crippen LogP contribution < -0.4 is 10.1 Å². The van der Waals surface area contributed by atoms with E-state index in [2.05, 4.69) is 31.1 Å². The van der Waals surface area contributed by atoms with E-state index in [9.17, 15) is 0 Å². The third-order valence-electron chi connectivity index (χ3n) is 2.79. The minimum atomic E-state index is 0.590. The molecule has 0 fully saturated rings. The fourth-order valence-corrected chi connectivity index (χ4v) is 1.70. The Morgan fingerprint density at radius 1 is 1.25 bits per heavy atom. The maximum atomic E-state index is 5.66. The Morgan fingerprint density at radius 3 is 2.85 bits per heavy atom. The molecule has 4 nitrogen and oxygen atoms in total. The Labute approximate surface area is 122 Å². The smallest absolute Gasteiger partial charge is 0.122 e. The first-order valence-corrected chi connectivity index (χ1v) is 7.58. The van der Waals surface area contributed by atoms with Gasteiger partial charge in [-0.2, -0.15) is 0 Å². The number of ether oxygens (including phenoxy) is 2. The Bertz CT molecular complexity index is 356. The Morgan fingerprint density at radius 2 is 2.10 bits per heavy atom. The van der Waals surface area contributed by atoms with Gasteiger partial charge < -0.3 is 14.8 Å². The highest BCUT2D eigenvalue weighted by Gasteiger charge is 2.00. The van der Waals surface area contributed by atoms with Crippen LogP contribution in [0.1, 0.15) is 39.3 Å². The highest BCUT2D eigenvalue weighted by atomic mass is 16.5. The molecule has 0 saturated carbocycles. The Kier molecular flexibility index (Phi) is 9.00. The summed E-state index contributed by atoms with van der Waals surface area (Å²) in [6, 6.07) is 3.87. The van der Waals surface area contributed by atoms with Crippen LogP contribution in [0.5, 0.6) is 5.75 Å². The number of nitrogens with zero attached hydrogens (tertiary/aromatic N) is 1. The number of hydrogen-bond donors (Lipinski definition) is 1. The normalized spacial score (nSPS) is 11.0. The van der Waals surface area contributed by atoms with E-state index in [4.69, 9.17) is 9.47 Å². The summed E-state index contributed by atoms with van der Waals surface area (Å²) in [6.45, 7) is 10.4. The van der Waals surface area contributed by atoms with Crippen molar-refractivity contribution in [3.63, 3.8) is 0 Å². The standard InChI is InChI=1S/C16H28N2O2/c1-4-5-8-19-9-10-20-16-6-7-18-15(11-16)13-17-12-14(2)3/h6-7,11,14,17H,4-5,8-10,12-13H2,1-3H3. The quantitative estimate of drug-likeness (QED) is 0.633. The molecule has 1 N–H and O–H groups in total. The van der Waals surface area contributed by atoms with E-state index < -0.39 is 0 Å². The van der Waals surface area contributed by atoms with Crippen LogP contribution in [0.15, 0.2) is 18.3 Å². The molecule has 0 aliphatic carbocycles. The monoisotopic (exact) mass is 280 g/mol. The van der Waals surface area contributed by atoms with Crippen molar-refractivity contribution in [3.8, 4) is 5.75 Å². The summed E-state index contributed by atoms with van der Waals surface area (Å²) in [4.78, 5) is 4.33. The number of unbranched alkanes of at least 4 members (excludes halogenated alkanes) is 1. The van der Waals surface area contributed by atoms with Gasteiger partial charge >= 0.3 is 0 Å². The van der Waals surface area contributed by atoms with Gasteiger partial charge in [0, 0.05) is 25.4 Å². The van der Waals surface area contributed by atoms with Crippen LogP contribution in [-0.4, -0.2) is 31.3 Å². The summed E-state index contributed by atoms with van der Waals surface area (Å²) in [7, 11) is 0. The third-order valence-corrected chi connectivity index (χ3v) is 2.79. The molecule has 0 saturated heterocycles. The van der Waals surface area contributed by atoms with Crippen LogP contribution in [0, 0.1) is 5.92 Å². The van der Waals surface area contributed by atoms with Crippen LogP contribution in [-0.2, 0) is 11.3 Å². The lowest BCUT2D eigenvalue weighted by Gasteiger charge is -2.09. The SMILES string of the molecule is CCCCOCCOc1ccnc(CNCC(C)C)c1. The molecular formula is C16H28N2O2. The molecule has 114 valence electrons. The molecule has 0 bridgehead atoms. The van der Waals surface area contributed by atoms with Gasteiger partial charge in [-0.1, -0.05) is 27.2 Å². The predicted molar refractivity (Wildman–Crippen MR) is 82.0 cm³/mol. The van der Waals surface area contributed by atoms with E-state index in [1.807, 2.05) is 12.1 Å². The number of pyridine rings is 1. The van der Waals surface area contributed by atoms with E-state index in [0.29, 0.717) is 19.1 Å². The summed E-state index contributed by atoms with van der Waals surface area (Å²) >= 11 is 0. The molecule has 1 aromatic rings. The highest BCUT2D eigenvalue weighted by molar-refractivity contribution is 5.22. The van der Waals surface area contributed by atoms with Crippen molar-refractivity contribution in [3.05, 3.63) is 24.0 Å². The lowest BCUT2D eigenvalue weighted by atomic mass is 10.2. The van der Waals surface area contributed by atoms with Gasteiger partial charge in [0.15, 0.2) is 0 Å². The molecule has 1 rings (SSSR count). The summed E-state index contributed by atoms with van der Waals surface area (Å²) in [6.07, 6.45) is 4.07. The highest BCUT2D eigenvalue weighted by Crippen LogP contribution is 2.10. The molecular weight excluding hydrogens is 252 g/mol. The number of rotatable bonds is 11. The zero-order valence-electron chi connectivity index (χ0n) is 13.0. The van der Waals surface area contributed by atoms with E-state index in [1.165, 1.54) is 0 Å². The first kappa shape index (κ1) is 16.9. The van der Waals surface area contributed by atoms with Crippen LogP contribution in [0.4, 0.5) is 0 Å². The molecule has 0 aliphatic rings. The molecule has 0 spiro atoms. The molecule has 0 aliphatic heterocycles. The maximum absolute atomic E-state index is 5.66. The van der Waals surface area contributed by atoms with Gasteiger partial charge in [-0.25, -0.2) is 0 Å². The summed E-state index contributed by atoms with van der Waals surface area (Å²) in [5.74, 6) is 1.51. The zero-order valence-corrected chi connectivity index (χ0v) is 13.0. The number of aromatic nitrogens is 1.